The highest BCUT2D eigenvalue weighted by Gasteiger charge is 2.19. The third kappa shape index (κ3) is 2.72. The Bertz CT molecular complexity index is 610. The summed E-state index contributed by atoms with van der Waals surface area (Å²) in [5.74, 6) is -2.37. The van der Waals surface area contributed by atoms with Gasteiger partial charge in [-0.15, -0.1) is 0 Å². The Hall–Kier alpha value is -1.39. The lowest BCUT2D eigenvalue weighted by atomic mass is 10.00. The van der Waals surface area contributed by atoms with E-state index in [4.69, 9.17) is 5.73 Å². The van der Waals surface area contributed by atoms with Gasteiger partial charge in [0.1, 0.15) is 0 Å². The Kier molecular flexibility index (Phi) is 3.76. The van der Waals surface area contributed by atoms with Crippen LogP contribution in [0.2, 0.25) is 0 Å². The summed E-state index contributed by atoms with van der Waals surface area (Å²) in [5.41, 5.74) is 10.7. The third-order valence-corrected chi connectivity index (χ3v) is 4.40. The second-order valence-corrected chi connectivity index (χ2v) is 6.03. The molecule has 1 unspecified atom stereocenters. The average molecular weight is 291 g/mol. The van der Waals surface area contributed by atoms with Gasteiger partial charge in [0.05, 0.1) is 0 Å². The van der Waals surface area contributed by atoms with Crippen molar-refractivity contribution in [3.63, 3.8) is 0 Å². The normalized spacial score (nSPS) is 17.5. The van der Waals surface area contributed by atoms with Crippen molar-refractivity contribution in [2.45, 2.75) is 29.5 Å². The highest BCUT2D eigenvalue weighted by atomic mass is 32.2. The summed E-state index contributed by atoms with van der Waals surface area (Å²) < 4.78 is 24.6. The molecule has 2 aromatic rings. The van der Waals surface area contributed by atoms with Gasteiger partial charge in [0.2, 0.25) is 0 Å². The maximum absolute atomic E-state index is 12.3. The molecule has 0 fully saturated rings. The first-order chi connectivity index (χ1) is 9.63. The minimum atomic E-state index is -2.37. The van der Waals surface area contributed by atoms with E-state index in [1.165, 1.54) is 11.1 Å². The monoisotopic (exact) mass is 291 g/mol. The van der Waals surface area contributed by atoms with Gasteiger partial charge in [-0.3, -0.25) is 0 Å². The number of halogens is 2. The molecular weight excluding hydrogens is 276 g/mol. The fraction of sp³-hybridized carbons (Fsp3) is 0.250. The lowest BCUT2D eigenvalue weighted by Crippen LogP contribution is -2.04. The lowest BCUT2D eigenvalue weighted by Gasteiger charge is -2.08. The van der Waals surface area contributed by atoms with E-state index in [1.54, 1.807) is 12.1 Å². The van der Waals surface area contributed by atoms with Crippen LogP contribution in [-0.4, -0.2) is 5.76 Å². The van der Waals surface area contributed by atoms with Crippen LogP contribution in [0, 0.1) is 0 Å². The van der Waals surface area contributed by atoms with Crippen LogP contribution in [0.25, 0.3) is 11.1 Å². The summed E-state index contributed by atoms with van der Waals surface area (Å²) >= 11 is 0.573. The number of aryl methyl sites for hydroxylation is 1. The SMILES string of the molecule is NC1CCc2cc(-c3ccc(SC(F)F)cc3)ccc21. The topological polar surface area (TPSA) is 26.0 Å². The number of hydrogen-bond donors (Lipinski definition) is 1. The first-order valence-electron chi connectivity index (χ1n) is 6.57. The summed E-state index contributed by atoms with van der Waals surface area (Å²) in [6.07, 6.45) is 2.02. The predicted octanol–water partition coefficient (Wildman–Crippen LogP) is 4.61. The summed E-state index contributed by atoms with van der Waals surface area (Å²) in [4.78, 5) is 0.590. The molecule has 104 valence electrons. The number of fused-ring (bicyclic) bond motifs is 1. The first kappa shape index (κ1) is 13.6. The molecule has 0 saturated carbocycles. The number of hydrogen-bond acceptors (Lipinski definition) is 2. The minimum Gasteiger partial charge on any atom is -0.324 e. The fourth-order valence-electron chi connectivity index (χ4n) is 2.66. The molecule has 0 amide bonds. The van der Waals surface area contributed by atoms with E-state index in [0.29, 0.717) is 16.7 Å². The van der Waals surface area contributed by atoms with Crippen molar-refractivity contribution < 1.29 is 8.78 Å². The van der Waals surface area contributed by atoms with Gasteiger partial charge in [0, 0.05) is 10.9 Å². The van der Waals surface area contributed by atoms with Crippen molar-refractivity contribution in [2.75, 3.05) is 0 Å². The number of alkyl halides is 2. The van der Waals surface area contributed by atoms with Gasteiger partial charge in [0.15, 0.2) is 0 Å². The molecule has 4 heteroatoms. The van der Waals surface area contributed by atoms with Crippen LogP contribution in [0.3, 0.4) is 0 Å². The van der Waals surface area contributed by atoms with Crippen LogP contribution < -0.4 is 5.73 Å². The molecule has 0 aliphatic heterocycles. The molecular formula is C16H15F2NS. The third-order valence-electron chi connectivity index (χ3n) is 3.68. The van der Waals surface area contributed by atoms with Crippen LogP contribution in [0.1, 0.15) is 23.6 Å². The van der Waals surface area contributed by atoms with Crippen LogP contribution in [0.4, 0.5) is 8.78 Å². The summed E-state index contributed by atoms with van der Waals surface area (Å²) in [5, 5.41) is 0. The van der Waals surface area contributed by atoms with Crippen molar-refractivity contribution in [1.29, 1.82) is 0 Å². The van der Waals surface area contributed by atoms with Gasteiger partial charge in [-0.1, -0.05) is 42.1 Å². The van der Waals surface area contributed by atoms with Crippen molar-refractivity contribution >= 4 is 11.8 Å². The Morgan fingerprint density at radius 1 is 1.05 bits per heavy atom. The van der Waals surface area contributed by atoms with Gasteiger partial charge in [0.25, 0.3) is 5.76 Å². The Balaban J connectivity index is 1.86. The summed E-state index contributed by atoms with van der Waals surface area (Å²) in [6, 6.07) is 13.7. The second kappa shape index (κ2) is 5.54. The van der Waals surface area contributed by atoms with Crippen molar-refractivity contribution in [3.8, 4) is 11.1 Å². The number of thioether (sulfide) groups is 1. The molecule has 1 aliphatic rings. The quantitative estimate of drug-likeness (QED) is 0.835. The molecule has 0 radical (unpaired) electrons. The Morgan fingerprint density at radius 2 is 1.75 bits per heavy atom. The average Bonchev–Trinajstić information content (AvgIpc) is 2.80. The van der Waals surface area contributed by atoms with Gasteiger partial charge < -0.3 is 5.73 Å². The van der Waals surface area contributed by atoms with Crippen molar-refractivity contribution in [1.82, 2.24) is 0 Å². The van der Waals surface area contributed by atoms with Crippen LogP contribution >= 0.6 is 11.8 Å². The largest absolute Gasteiger partial charge is 0.324 e. The van der Waals surface area contributed by atoms with E-state index in [-0.39, 0.29) is 6.04 Å². The summed E-state index contributed by atoms with van der Waals surface area (Å²) in [7, 11) is 0. The molecule has 2 N–H and O–H groups in total. The molecule has 20 heavy (non-hydrogen) atoms. The molecule has 0 heterocycles. The molecule has 3 rings (SSSR count). The number of rotatable bonds is 3. The number of nitrogens with two attached hydrogens (primary N) is 1. The molecule has 2 aromatic carbocycles. The van der Waals surface area contributed by atoms with Crippen LogP contribution in [0.15, 0.2) is 47.4 Å². The van der Waals surface area contributed by atoms with Crippen molar-refractivity contribution in [3.05, 3.63) is 53.6 Å². The summed E-state index contributed by atoms with van der Waals surface area (Å²) in [6.45, 7) is 0. The predicted molar refractivity (Wildman–Crippen MR) is 79.0 cm³/mol. The standard InChI is InChI=1S/C16H15F2NS/c17-16(18)20-13-5-1-10(2-6-13)11-3-7-14-12(9-11)4-8-15(14)19/h1-3,5-7,9,15-16H,4,8,19H2. The van der Waals surface area contributed by atoms with E-state index < -0.39 is 5.76 Å². The first-order valence-corrected chi connectivity index (χ1v) is 7.45. The van der Waals surface area contributed by atoms with Gasteiger partial charge in [-0.05, 0) is 47.2 Å². The van der Waals surface area contributed by atoms with E-state index in [2.05, 4.69) is 18.2 Å². The lowest BCUT2D eigenvalue weighted by molar-refractivity contribution is 0.252. The van der Waals surface area contributed by atoms with Gasteiger partial charge in [-0.2, -0.15) is 8.78 Å². The van der Waals surface area contributed by atoms with E-state index in [1.807, 2.05) is 12.1 Å². The van der Waals surface area contributed by atoms with Crippen LogP contribution in [0.5, 0.6) is 0 Å². The molecule has 0 spiro atoms. The van der Waals surface area contributed by atoms with Crippen LogP contribution in [-0.2, 0) is 6.42 Å². The van der Waals surface area contributed by atoms with E-state index >= 15 is 0 Å². The molecule has 0 saturated heterocycles. The molecule has 1 nitrogen and oxygen atoms in total. The van der Waals surface area contributed by atoms with E-state index in [9.17, 15) is 8.78 Å². The molecule has 1 aliphatic carbocycles. The number of benzene rings is 2. The molecule has 1 atom stereocenters. The zero-order valence-electron chi connectivity index (χ0n) is 10.9. The second-order valence-electron chi connectivity index (χ2n) is 4.96. The van der Waals surface area contributed by atoms with Gasteiger partial charge >= 0.3 is 0 Å². The minimum absolute atomic E-state index is 0.156. The maximum Gasteiger partial charge on any atom is 0.288 e. The highest BCUT2D eigenvalue weighted by Crippen LogP contribution is 2.33. The van der Waals surface area contributed by atoms with Gasteiger partial charge in [-0.25, -0.2) is 0 Å². The zero-order chi connectivity index (χ0) is 14.1. The molecule has 0 bridgehead atoms. The fourth-order valence-corrected chi connectivity index (χ4v) is 3.16. The Labute approximate surface area is 121 Å². The van der Waals surface area contributed by atoms with E-state index in [0.717, 1.165) is 24.0 Å². The smallest absolute Gasteiger partial charge is 0.288 e. The van der Waals surface area contributed by atoms with Crippen molar-refractivity contribution in [2.24, 2.45) is 5.73 Å². The maximum atomic E-state index is 12.3. The zero-order valence-corrected chi connectivity index (χ0v) is 11.7. The Morgan fingerprint density at radius 3 is 2.45 bits per heavy atom. The highest BCUT2D eigenvalue weighted by molar-refractivity contribution is 7.99. The molecule has 0 aromatic heterocycles.